The molecule has 1 aliphatic heterocycles. The molecule has 0 radical (unpaired) electrons. The zero-order chi connectivity index (χ0) is 19.7. The molecule has 0 aromatic heterocycles. The van der Waals surface area contributed by atoms with Crippen LogP contribution in [0.25, 0.3) is 0 Å². The summed E-state index contributed by atoms with van der Waals surface area (Å²) in [6.45, 7) is 0. The van der Waals surface area contributed by atoms with Crippen molar-refractivity contribution >= 4 is 17.6 Å². The number of carbonyl (C=O) groups excluding carboxylic acids is 2. The normalized spacial score (nSPS) is 18.0. The van der Waals surface area contributed by atoms with Gasteiger partial charge in [-0.2, -0.15) is 0 Å². The monoisotopic (exact) mass is 380 g/mol. The fourth-order valence-electron chi connectivity index (χ4n) is 3.91. The average molecular weight is 380 g/mol. The number of benzene rings is 2. The van der Waals surface area contributed by atoms with Crippen LogP contribution in [0.3, 0.4) is 0 Å². The van der Waals surface area contributed by atoms with Crippen molar-refractivity contribution in [2.24, 2.45) is 0 Å². The third-order valence-electron chi connectivity index (χ3n) is 5.24. The quantitative estimate of drug-likeness (QED) is 0.757. The molecule has 0 unspecified atom stereocenters. The summed E-state index contributed by atoms with van der Waals surface area (Å²) in [6.07, 6.45) is 3.30. The van der Waals surface area contributed by atoms with Gasteiger partial charge < -0.3 is 5.32 Å². The Morgan fingerprint density at radius 3 is 2.14 bits per heavy atom. The van der Waals surface area contributed by atoms with E-state index >= 15 is 0 Å². The SMILES string of the molecule is O=C1CC2(CCCC2)NC(=O)N1c1c(F)cc(C#Cc2ccccc2)cc1F. The molecular weight excluding hydrogens is 362 g/mol. The summed E-state index contributed by atoms with van der Waals surface area (Å²) in [5.41, 5.74) is -0.390. The standard InChI is InChI=1S/C22H18F2N2O2/c23-17-12-16(9-8-15-6-2-1-3-7-15)13-18(24)20(17)26-19(27)14-22(25-21(26)28)10-4-5-11-22/h1-3,6-7,12-13H,4-5,10-11,14H2,(H,25,28). The molecule has 0 bridgehead atoms. The molecule has 28 heavy (non-hydrogen) atoms. The summed E-state index contributed by atoms with van der Waals surface area (Å²) in [5.74, 6) is 2.94. The van der Waals surface area contributed by atoms with E-state index in [4.69, 9.17) is 0 Å². The Balaban J connectivity index is 1.63. The molecule has 1 aliphatic carbocycles. The largest absolute Gasteiger partial charge is 0.331 e. The van der Waals surface area contributed by atoms with E-state index in [0.717, 1.165) is 25.0 Å². The maximum absolute atomic E-state index is 14.7. The van der Waals surface area contributed by atoms with E-state index in [1.54, 1.807) is 12.1 Å². The number of anilines is 1. The highest BCUT2D eigenvalue weighted by Crippen LogP contribution is 2.37. The molecule has 3 amide bonds. The zero-order valence-corrected chi connectivity index (χ0v) is 15.1. The lowest BCUT2D eigenvalue weighted by atomic mass is 9.90. The van der Waals surface area contributed by atoms with E-state index in [1.807, 2.05) is 18.2 Å². The zero-order valence-electron chi connectivity index (χ0n) is 15.1. The van der Waals surface area contributed by atoms with Gasteiger partial charge in [0.05, 0.1) is 12.0 Å². The number of amides is 3. The van der Waals surface area contributed by atoms with E-state index < -0.39 is 34.8 Å². The van der Waals surface area contributed by atoms with E-state index in [9.17, 15) is 18.4 Å². The number of nitrogens with one attached hydrogen (secondary N) is 1. The number of halogens is 2. The molecule has 2 fully saturated rings. The highest BCUT2D eigenvalue weighted by molar-refractivity contribution is 6.16. The third kappa shape index (κ3) is 3.36. The second-order valence-electron chi connectivity index (χ2n) is 7.23. The summed E-state index contributed by atoms with van der Waals surface area (Å²) in [4.78, 5) is 25.6. The summed E-state index contributed by atoms with van der Waals surface area (Å²) < 4.78 is 29.3. The lowest BCUT2D eigenvalue weighted by Gasteiger charge is -2.38. The van der Waals surface area contributed by atoms with Crippen LogP contribution < -0.4 is 10.2 Å². The van der Waals surface area contributed by atoms with Crippen LogP contribution in [-0.2, 0) is 4.79 Å². The van der Waals surface area contributed by atoms with Gasteiger partial charge in [0.25, 0.3) is 0 Å². The van der Waals surface area contributed by atoms with Crippen LogP contribution in [-0.4, -0.2) is 17.5 Å². The number of hydrogen-bond donors (Lipinski definition) is 1. The minimum absolute atomic E-state index is 0.0488. The molecule has 6 heteroatoms. The molecule has 1 N–H and O–H groups in total. The molecule has 1 saturated carbocycles. The molecular formula is C22H18F2N2O2. The Morgan fingerprint density at radius 2 is 1.54 bits per heavy atom. The number of hydrogen-bond acceptors (Lipinski definition) is 2. The Labute approximate surface area is 161 Å². The first kappa shape index (κ1) is 18.2. The Kier molecular flexibility index (Phi) is 4.60. The Hall–Kier alpha value is -3.20. The maximum atomic E-state index is 14.7. The molecule has 1 heterocycles. The van der Waals surface area contributed by atoms with Gasteiger partial charge in [0.15, 0.2) is 11.6 Å². The van der Waals surface area contributed by atoms with Crippen LogP contribution in [0.1, 0.15) is 43.2 Å². The Bertz CT molecular complexity index is 959. The summed E-state index contributed by atoms with van der Waals surface area (Å²) >= 11 is 0. The smallest absolute Gasteiger partial charge is 0.329 e. The van der Waals surface area contributed by atoms with Crippen molar-refractivity contribution in [3.05, 3.63) is 65.2 Å². The van der Waals surface area contributed by atoms with Gasteiger partial charge in [-0.15, -0.1) is 0 Å². The second kappa shape index (κ2) is 7.08. The van der Waals surface area contributed by atoms with Crippen molar-refractivity contribution in [3.63, 3.8) is 0 Å². The lowest BCUT2D eigenvalue weighted by molar-refractivity contribution is -0.120. The van der Waals surface area contributed by atoms with Crippen LogP contribution in [0.5, 0.6) is 0 Å². The fraction of sp³-hybridized carbons (Fsp3) is 0.273. The van der Waals surface area contributed by atoms with Crippen molar-refractivity contribution in [1.29, 1.82) is 0 Å². The number of rotatable bonds is 1. The van der Waals surface area contributed by atoms with Crippen LogP contribution in [0, 0.1) is 23.5 Å². The average Bonchev–Trinajstić information content (AvgIpc) is 3.10. The summed E-state index contributed by atoms with van der Waals surface area (Å²) in [5, 5.41) is 2.79. The molecule has 0 atom stereocenters. The second-order valence-corrected chi connectivity index (χ2v) is 7.23. The molecule has 1 spiro atoms. The molecule has 2 aromatic carbocycles. The fourth-order valence-corrected chi connectivity index (χ4v) is 3.91. The minimum Gasteiger partial charge on any atom is -0.331 e. The lowest BCUT2D eigenvalue weighted by Crippen LogP contribution is -2.61. The predicted molar refractivity (Wildman–Crippen MR) is 101 cm³/mol. The number of imide groups is 1. The van der Waals surface area contributed by atoms with Gasteiger partial charge in [-0.05, 0) is 37.1 Å². The number of carbonyl (C=O) groups is 2. The Morgan fingerprint density at radius 1 is 0.929 bits per heavy atom. The van der Waals surface area contributed by atoms with Crippen LogP contribution in [0.15, 0.2) is 42.5 Å². The van der Waals surface area contributed by atoms with Gasteiger partial charge in [0.1, 0.15) is 5.69 Å². The van der Waals surface area contributed by atoms with Gasteiger partial charge in [-0.3, -0.25) is 4.79 Å². The van der Waals surface area contributed by atoms with E-state index in [2.05, 4.69) is 17.2 Å². The van der Waals surface area contributed by atoms with Crippen molar-refractivity contribution in [1.82, 2.24) is 5.32 Å². The summed E-state index contributed by atoms with van der Waals surface area (Å²) in [7, 11) is 0. The maximum Gasteiger partial charge on any atom is 0.329 e. The predicted octanol–water partition coefficient (Wildman–Crippen LogP) is 4.12. The van der Waals surface area contributed by atoms with Crippen molar-refractivity contribution in [3.8, 4) is 11.8 Å². The van der Waals surface area contributed by atoms with Crippen LogP contribution in [0.2, 0.25) is 0 Å². The van der Waals surface area contributed by atoms with E-state index in [-0.39, 0.29) is 12.0 Å². The van der Waals surface area contributed by atoms with Gasteiger partial charge >= 0.3 is 6.03 Å². The molecule has 1 saturated heterocycles. The first-order valence-corrected chi connectivity index (χ1v) is 9.19. The molecule has 4 rings (SSSR count). The molecule has 2 aliphatic rings. The van der Waals surface area contributed by atoms with Crippen LogP contribution >= 0.6 is 0 Å². The third-order valence-corrected chi connectivity index (χ3v) is 5.24. The van der Waals surface area contributed by atoms with Crippen molar-refractivity contribution in [2.75, 3.05) is 4.90 Å². The van der Waals surface area contributed by atoms with Crippen molar-refractivity contribution < 1.29 is 18.4 Å². The van der Waals surface area contributed by atoms with E-state index in [1.165, 1.54) is 0 Å². The molecule has 2 aromatic rings. The van der Waals surface area contributed by atoms with Gasteiger partial charge in [-0.1, -0.05) is 42.9 Å². The van der Waals surface area contributed by atoms with Crippen molar-refractivity contribution in [2.45, 2.75) is 37.6 Å². The number of urea groups is 1. The highest BCUT2D eigenvalue weighted by Gasteiger charge is 2.46. The van der Waals surface area contributed by atoms with Gasteiger partial charge in [0, 0.05) is 11.1 Å². The number of nitrogens with zero attached hydrogens (tertiary/aromatic N) is 1. The topological polar surface area (TPSA) is 49.4 Å². The molecule has 142 valence electrons. The minimum atomic E-state index is -0.997. The van der Waals surface area contributed by atoms with Gasteiger partial charge in [0.2, 0.25) is 5.91 Å². The first-order chi connectivity index (χ1) is 13.5. The van der Waals surface area contributed by atoms with Crippen LogP contribution in [0.4, 0.5) is 19.3 Å². The first-order valence-electron chi connectivity index (χ1n) is 9.19. The summed E-state index contributed by atoms with van der Waals surface area (Å²) in [6, 6.07) is 10.3. The van der Waals surface area contributed by atoms with Gasteiger partial charge in [-0.25, -0.2) is 18.5 Å². The van der Waals surface area contributed by atoms with E-state index in [0.29, 0.717) is 23.3 Å². The highest BCUT2D eigenvalue weighted by atomic mass is 19.1. The molecule has 4 nitrogen and oxygen atoms in total.